The second-order valence-electron chi connectivity index (χ2n) is 5.43. The average molecular weight is 254 g/mol. The van der Waals surface area contributed by atoms with E-state index in [1.165, 1.54) is 0 Å². The molecule has 1 aromatic rings. The van der Waals surface area contributed by atoms with Crippen molar-refractivity contribution < 1.29 is 4.74 Å². The molecule has 3 heteroatoms. The molecule has 0 radical (unpaired) electrons. The Morgan fingerprint density at radius 3 is 2.84 bits per heavy atom. The lowest BCUT2D eigenvalue weighted by atomic mass is 10.1. The second-order valence-corrected chi connectivity index (χ2v) is 5.43. The number of pyridine rings is 1. The minimum Gasteiger partial charge on any atom is -0.484 e. The maximum atomic E-state index is 6.08. The van der Waals surface area contributed by atoms with Gasteiger partial charge in [-0.05, 0) is 44.6 Å². The summed E-state index contributed by atoms with van der Waals surface area (Å²) in [4.78, 5) is 6.70. The first-order chi connectivity index (χ1) is 9.16. The molecule has 0 amide bonds. The van der Waals surface area contributed by atoms with E-state index in [1.54, 1.807) is 0 Å². The van der Waals surface area contributed by atoms with Crippen molar-refractivity contribution in [1.82, 2.24) is 4.98 Å². The Balaban J connectivity index is 2.09. The summed E-state index contributed by atoms with van der Waals surface area (Å²) in [6.07, 6.45) is 11.2. The molecular weight excluding hydrogens is 236 g/mol. The Morgan fingerprint density at radius 1 is 1.21 bits per heavy atom. The first-order valence-electron chi connectivity index (χ1n) is 6.61. The van der Waals surface area contributed by atoms with E-state index < -0.39 is 0 Å². The molecule has 0 unspecified atom stereocenters. The van der Waals surface area contributed by atoms with Gasteiger partial charge in [0.25, 0.3) is 0 Å². The van der Waals surface area contributed by atoms with Crippen molar-refractivity contribution in [3.05, 3.63) is 60.2 Å². The molecular formula is C16H18N2O. The monoisotopic (exact) mass is 254 g/mol. The summed E-state index contributed by atoms with van der Waals surface area (Å²) >= 11 is 0. The van der Waals surface area contributed by atoms with Crippen molar-refractivity contribution >= 4 is 5.82 Å². The molecule has 0 saturated heterocycles. The van der Waals surface area contributed by atoms with E-state index in [1.807, 2.05) is 24.4 Å². The summed E-state index contributed by atoms with van der Waals surface area (Å²) in [5, 5.41) is 0. The van der Waals surface area contributed by atoms with Crippen LogP contribution in [0.4, 0.5) is 5.82 Å². The standard InChI is InChI=1S/C16H18N2O/c1-16(2)12-18(15-10-6-7-11-17-15)13-8-4-3-5-9-14(13)19-16/h4-11H,3,12H2,1-2H3. The van der Waals surface area contributed by atoms with Crippen LogP contribution >= 0.6 is 0 Å². The van der Waals surface area contributed by atoms with Crippen molar-refractivity contribution in [3.63, 3.8) is 0 Å². The first-order valence-corrected chi connectivity index (χ1v) is 6.61. The van der Waals surface area contributed by atoms with Gasteiger partial charge in [-0.25, -0.2) is 4.98 Å². The summed E-state index contributed by atoms with van der Waals surface area (Å²) in [6, 6.07) is 5.99. The van der Waals surface area contributed by atoms with Crippen molar-refractivity contribution in [1.29, 1.82) is 0 Å². The van der Waals surface area contributed by atoms with E-state index in [-0.39, 0.29) is 5.60 Å². The van der Waals surface area contributed by atoms with Crippen molar-refractivity contribution in [2.45, 2.75) is 25.9 Å². The quantitative estimate of drug-likeness (QED) is 0.767. The van der Waals surface area contributed by atoms with E-state index in [4.69, 9.17) is 4.74 Å². The van der Waals surface area contributed by atoms with Gasteiger partial charge in [0.2, 0.25) is 0 Å². The highest BCUT2D eigenvalue weighted by molar-refractivity contribution is 5.54. The van der Waals surface area contributed by atoms with Gasteiger partial charge in [0, 0.05) is 6.20 Å². The van der Waals surface area contributed by atoms with E-state index in [2.05, 4.69) is 48.0 Å². The Bertz CT molecular complexity index is 555. The molecule has 0 atom stereocenters. The van der Waals surface area contributed by atoms with Gasteiger partial charge in [0.1, 0.15) is 17.2 Å². The predicted molar refractivity (Wildman–Crippen MR) is 76.7 cm³/mol. The van der Waals surface area contributed by atoms with Crippen LogP contribution in [-0.2, 0) is 4.74 Å². The summed E-state index contributed by atoms with van der Waals surface area (Å²) in [5.41, 5.74) is 0.866. The molecule has 0 saturated carbocycles. The average Bonchev–Trinajstić information content (AvgIpc) is 2.63. The van der Waals surface area contributed by atoms with Crippen LogP contribution < -0.4 is 4.90 Å². The third kappa shape index (κ3) is 2.41. The zero-order valence-corrected chi connectivity index (χ0v) is 11.3. The number of allylic oxidation sites excluding steroid dienone is 4. The molecule has 1 aliphatic heterocycles. The van der Waals surface area contributed by atoms with E-state index in [0.717, 1.165) is 30.2 Å². The van der Waals surface area contributed by atoms with Crippen molar-refractivity contribution in [2.75, 3.05) is 11.4 Å². The van der Waals surface area contributed by atoms with Crippen LogP contribution in [0.1, 0.15) is 20.3 Å². The number of ether oxygens (including phenoxy) is 1. The van der Waals surface area contributed by atoms with Crippen LogP contribution in [0.25, 0.3) is 0 Å². The minimum absolute atomic E-state index is 0.223. The lowest BCUT2D eigenvalue weighted by Gasteiger charge is -2.40. The molecule has 3 nitrogen and oxygen atoms in total. The Labute approximate surface area is 113 Å². The number of rotatable bonds is 1. The number of hydrogen-bond donors (Lipinski definition) is 0. The molecule has 1 aliphatic carbocycles. The van der Waals surface area contributed by atoms with Crippen LogP contribution in [0, 0.1) is 0 Å². The third-order valence-corrected chi connectivity index (χ3v) is 3.21. The van der Waals surface area contributed by atoms with Gasteiger partial charge in [0.05, 0.1) is 12.2 Å². The van der Waals surface area contributed by atoms with Crippen LogP contribution in [0.5, 0.6) is 0 Å². The molecule has 0 N–H and O–H groups in total. The van der Waals surface area contributed by atoms with Gasteiger partial charge in [-0.3, -0.25) is 0 Å². The van der Waals surface area contributed by atoms with Gasteiger partial charge in [-0.1, -0.05) is 18.2 Å². The van der Waals surface area contributed by atoms with Crippen LogP contribution in [0.2, 0.25) is 0 Å². The Kier molecular flexibility index (Phi) is 2.90. The molecule has 2 aliphatic rings. The topological polar surface area (TPSA) is 25.4 Å². The van der Waals surface area contributed by atoms with E-state index in [9.17, 15) is 0 Å². The molecule has 3 rings (SSSR count). The summed E-state index contributed by atoms with van der Waals surface area (Å²) < 4.78 is 6.08. The second kappa shape index (κ2) is 4.57. The van der Waals surface area contributed by atoms with Gasteiger partial charge in [-0.2, -0.15) is 0 Å². The zero-order valence-electron chi connectivity index (χ0n) is 11.3. The van der Waals surface area contributed by atoms with Crippen LogP contribution in [0.3, 0.4) is 0 Å². The largest absolute Gasteiger partial charge is 0.484 e. The van der Waals surface area contributed by atoms with Gasteiger partial charge in [-0.15, -0.1) is 0 Å². The van der Waals surface area contributed by atoms with Crippen LogP contribution in [-0.4, -0.2) is 17.1 Å². The Morgan fingerprint density at radius 2 is 2.05 bits per heavy atom. The van der Waals surface area contributed by atoms with Gasteiger partial charge < -0.3 is 9.64 Å². The fraction of sp³-hybridized carbons (Fsp3) is 0.312. The smallest absolute Gasteiger partial charge is 0.143 e. The lowest BCUT2D eigenvalue weighted by Crippen LogP contribution is -2.45. The molecule has 19 heavy (non-hydrogen) atoms. The molecule has 0 fully saturated rings. The molecule has 0 spiro atoms. The molecule has 2 heterocycles. The predicted octanol–water partition coefficient (Wildman–Crippen LogP) is 3.42. The summed E-state index contributed by atoms with van der Waals surface area (Å²) in [5.74, 6) is 1.89. The SMILES string of the molecule is CC1(C)CN(c2ccccn2)C2=C(C=CCC=C2)O1. The van der Waals surface area contributed by atoms with Crippen molar-refractivity contribution in [2.24, 2.45) is 0 Å². The highest BCUT2D eigenvalue weighted by Crippen LogP contribution is 2.33. The van der Waals surface area contributed by atoms with Crippen LogP contribution in [0.15, 0.2) is 60.2 Å². The normalized spacial score (nSPS) is 20.8. The third-order valence-electron chi connectivity index (χ3n) is 3.21. The first kappa shape index (κ1) is 12.0. The number of anilines is 1. The lowest BCUT2D eigenvalue weighted by molar-refractivity contribution is 0.0371. The fourth-order valence-corrected chi connectivity index (χ4v) is 2.42. The maximum absolute atomic E-state index is 6.08. The van der Waals surface area contributed by atoms with Gasteiger partial charge >= 0.3 is 0 Å². The highest BCUT2D eigenvalue weighted by Gasteiger charge is 2.33. The highest BCUT2D eigenvalue weighted by atomic mass is 16.5. The summed E-state index contributed by atoms with van der Waals surface area (Å²) in [7, 11) is 0. The van der Waals surface area contributed by atoms with E-state index >= 15 is 0 Å². The molecule has 1 aromatic heterocycles. The number of nitrogens with zero attached hydrogens (tertiary/aromatic N) is 2. The van der Waals surface area contributed by atoms with E-state index in [0.29, 0.717) is 0 Å². The zero-order chi connectivity index (χ0) is 13.3. The maximum Gasteiger partial charge on any atom is 0.143 e. The minimum atomic E-state index is -0.223. The number of hydrogen-bond acceptors (Lipinski definition) is 3. The van der Waals surface area contributed by atoms with Crippen molar-refractivity contribution in [3.8, 4) is 0 Å². The molecule has 98 valence electrons. The Hall–Kier alpha value is -2.03. The number of aromatic nitrogens is 1. The molecule has 0 bridgehead atoms. The summed E-state index contributed by atoms with van der Waals surface area (Å²) in [6.45, 7) is 5.01. The molecule has 0 aromatic carbocycles. The fourth-order valence-electron chi connectivity index (χ4n) is 2.42. The van der Waals surface area contributed by atoms with Gasteiger partial charge in [0.15, 0.2) is 0 Å².